The first-order chi connectivity index (χ1) is 6.75. The largest absolute Gasteiger partial charge is 0.369 e. The highest BCUT2D eigenvalue weighted by Crippen LogP contribution is 2.08. The highest BCUT2D eigenvalue weighted by molar-refractivity contribution is 14.1. The van der Waals surface area contributed by atoms with E-state index in [1.54, 1.807) is 0 Å². The topological polar surface area (TPSA) is 83.8 Å². The van der Waals surface area contributed by atoms with Crippen LogP contribution in [0.4, 0.5) is 5.82 Å². The van der Waals surface area contributed by atoms with Crippen molar-refractivity contribution in [3.8, 4) is 0 Å². The van der Waals surface area contributed by atoms with Crippen molar-refractivity contribution in [2.75, 3.05) is 18.4 Å². The van der Waals surface area contributed by atoms with Gasteiger partial charge in [0, 0.05) is 6.54 Å². The fourth-order valence-electron chi connectivity index (χ4n) is 0.982. The van der Waals surface area contributed by atoms with Gasteiger partial charge in [0.05, 0.1) is 6.33 Å². The third kappa shape index (κ3) is 3.26. The molecule has 1 rings (SSSR count). The fraction of sp³-hybridized carbons (Fsp3) is 0.500. The summed E-state index contributed by atoms with van der Waals surface area (Å²) in [4.78, 5) is 17.7. The highest BCUT2D eigenvalue weighted by atomic mass is 127. The van der Waals surface area contributed by atoms with Gasteiger partial charge < -0.3 is 16.0 Å². The molecule has 0 unspecified atom stereocenters. The number of nitrogens with two attached hydrogens (primary N) is 1. The minimum atomic E-state index is -0.109. The van der Waals surface area contributed by atoms with Gasteiger partial charge in [-0.15, -0.1) is 0 Å². The second kappa shape index (κ2) is 5.97. The van der Waals surface area contributed by atoms with Gasteiger partial charge in [-0.25, -0.2) is 4.98 Å². The van der Waals surface area contributed by atoms with Crippen LogP contribution in [0, 0.1) is 3.57 Å². The van der Waals surface area contributed by atoms with E-state index in [0.717, 1.165) is 19.4 Å². The Morgan fingerprint density at radius 3 is 3.07 bits per heavy atom. The van der Waals surface area contributed by atoms with Gasteiger partial charge in [-0.05, 0) is 42.0 Å². The van der Waals surface area contributed by atoms with Crippen molar-refractivity contribution < 1.29 is 0 Å². The third-order valence-electron chi connectivity index (χ3n) is 1.72. The molecule has 1 aromatic rings. The van der Waals surface area contributed by atoms with Gasteiger partial charge >= 0.3 is 0 Å². The lowest BCUT2D eigenvalue weighted by atomic mass is 10.3. The summed E-state index contributed by atoms with van der Waals surface area (Å²) in [6.07, 6.45) is 3.36. The normalized spacial score (nSPS) is 10.1. The van der Waals surface area contributed by atoms with Crippen LogP contribution < -0.4 is 16.6 Å². The molecular weight excluding hydrogens is 295 g/mol. The van der Waals surface area contributed by atoms with Gasteiger partial charge in [0.2, 0.25) is 0 Å². The first kappa shape index (κ1) is 11.4. The van der Waals surface area contributed by atoms with Gasteiger partial charge in [-0.2, -0.15) is 0 Å². The Hall–Kier alpha value is -0.630. The van der Waals surface area contributed by atoms with Crippen LogP contribution in [0.1, 0.15) is 12.8 Å². The van der Waals surface area contributed by atoms with E-state index in [-0.39, 0.29) is 5.56 Å². The number of hydrogen-bond acceptors (Lipinski definition) is 4. The quantitative estimate of drug-likeness (QED) is 0.547. The molecule has 4 N–H and O–H groups in total. The second-order valence-electron chi connectivity index (χ2n) is 2.82. The predicted molar refractivity (Wildman–Crippen MR) is 64.4 cm³/mol. The Bertz CT molecular complexity index is 338. The first-order valence-corrected chi connectivity index (χ1v) is 5.50. The smallest absolute Gasteiger partial charge is 0.266 e. The zero-order valence-corrected chi connectivity index (χ0v) is 9.87. The maximum Gasteiger partial charge on any atom is 0.266 e. The van der Waals surface area contributed by atoms with Crippen molar-refractivity contribution in [2.24, 2.45) is 5.73 Å². The van der Waals surface area contributed by atoms with Crippen molar-refractivity contribution in [2.45, 2.75) is 12.8 Å². The number of nitrogens with zero attached hydrogens (tertiary/aromatic N) is 1. The number of H-pyrrole nitrogens is 1. The van der Waals surface area contributed by atoms with E-state index in [4.69, 9.17) is 5.73 Å². The summed E-state index contributed by atoms with van der Waals surface area (Å²) < 4.78 is 0.595. The minimum Gasteiger partial charge on any atom is -0.369 e. The molecule has 0 bridgehead atoms. The molecule has 0 radical (unpaired) electrons. The number of aromatic nitrogens is 2. The number of anilines is 1. The van der Waals surface area contributed by atoms with Crippen LogP contribution in [-0.2, 0) is 0 Å². The molecular formula is C8H13IN4O. The Balaban J connectivity index is 2.51. The Morgan fingerprint density at radius 1 is 1.57 bits per heavy atom. The van der Waals surface area contributed by atoms with Crippen LogP contribution >= 0.6 is 22.6 Å². The SMILES string of the molecule is NCCCCNc1nc[nH]c(=O)c1I. The number of hydrogen-bond donors (Lipinski definition) is 3. The zero-order valence-electron chi connectivity index (χ0n) is 7.72. The van der Waals surface area contributed by atoms with Gasteiger partial charge in [0.25, 0.3) is 5.56 Å². The lowest BCUT2D eigenvalue weighted by Gasteiger charge is -2.05. The van der Waals surface area contributed by atoms with Crippen molar-refractivity contribution in [1.29, 1.82) is 0 Å². The average Bonchev–Trinajstić information content (AvgIpc) is 2.19. The van der Waals surface area contributed by atoms with Crippen molar-refractivity contribution in [1.82, 2.24) is 9.97 Å². The Kier molecular flexibility index (Phi) is 4.88. The second-order valence-corrected chi connectivity index (χ2v) is 3.90. The minimum absolute atomic E-state index is 0.109. The van der Waals surface area contributed by atoms with Gasteiger partial charge in [-0.1, -0.05) is 0 Å². The van der Waals surface area contributed by atoms with Crippen LogP contribution in [0.25, 0.3) is 0 Å². The highest BCUT2D eigenvalue weighted by Gasteiger charge is 2.02. The molecule has 14 heavy (non-hydrogen) atoms. The fourth-order valence-corrected chi connectivity index (χ4v) is 1.47. The molecule has 5 nitrogen and oxygen atoms in total. The maximum atomic E-state index is 11.2. The molecule has 0 atom stereocenters. The number of nitrogens with one attached hydrogen (secondary N) is 2. The average molecular weight is 308 g/mol. The van der Waals surface area contributed by atoms with E-state index in [0.29, 0.717) is 15.9 Å². The van der Waals surface area contributed by atoms with Crippen LogP contribution in [-0.4, -0.2) is 23.1 Å². The summed E-state index contributed by atoms with van der Waals surface area (Å²) in [5.74, 6) is 0.645. The van der Waals surface area contributed by atoms with E-state index in [2.05, 4.69) is 15.3 Å². The van der Waals surface area contributed by atoms with Gasteiger partial charge in [-0.3, -0.25) is 4.79 Å². The maximum absolute atomic E-state index is 11.2. The molecule has 0 fully saturated rings. The van der Waals surface area contributed by atoms with Crippen molar-refractivity contribution in [3.63, 3.8) is 0 Å². The molecule has 0 aromatic carbocycles. The zero-order chi connectivity index (χ0) is 10.4. The van der Waals surface area contributed by atoms with Crippen LogP contribution in [0.15, 0.2) is 11.1 Å². The number of aromatic amines is 1. The molecule has 0 spiro atoms. The van der Waals surface area contributed by atoms with E-state index in [1.165, 1.54) is 6.33 Å². The molecule has 0 saturated heterocycles. The molecule has 6 heteroatoms. The molecule has 0 amide bonds. The van der Waals surface area contributed by atoms with Crippen molar-refractivity contribution >= 4 is 28.4 Å². The molecule has 0 aliphatic heterocycles. The monoisotopic (exact) mass is 308 g/mol. The molecule has 78 valence electrons. The summed E-state index contributed by atoms with van der Waals surface area (Å²) in [6.45, 7) is 1.49. The number of unbranched alkanes of at least 4 members (excludes halogenated alkanes) is 1. The van der Waals surface area contributed by atoms with Gasteiger partial charge in [0.15, 0.2) is 0 Å². The molecule has 0 aliphatic carbocycles. The molecule has 1 aromatic heterocycles. The van der Waals surface area contributed by atoms with E-state index in [1.807, 2.05) is 22.6 Å². The summed E-state index contributed by atoms with van der Waals surface area (Å²) in [5, 5.41) is 3.09. The van der Waals surface area contributed by atoms with Crippen LogP contribution in [0.3, 0.4) is 0 Å². The first-order valence-electron chi connectivity index (χ1n) is 4.43. The summed E-state index contributed by atoms with van der Waals surface area (Å²) in [7, 11) is 0. The van der Waals surface area contributed by atoms with E-state index in [9.17, 15) is 4.79 Å². The predicted octanol–water partition coefficient (Wildman–Crippen LogP) is 0.525. The van der Waals surface area contributed by atoms with Crippen LogP contribution in [0.5, 0.6) is 0 Å². The Labute approximate surface area is 95.6 Å². The lowest BCUT2D eigenvalue weighted by molar-refractivity contribution is 0.771. The van der Waals surface area contributed by atoms with Crippen LogP contribution in [0.2, 0.25) is 0 Å². The summed E-state index contributed by atoms with van der Waals surface area (Å²) in [5.41, 5.74) is 5.25. The molecule has 0 saturated carbocycles. The van der Waals surface area contributed by atoms with Crippen molar-refractivity contribution in [3.05, 3.63) is 20.3 Å². The van der Waals surface area contributed by atoms with E-state index >= 15 is 0 Å². The third-order valence-corrected chi connectivity index (χ3v) is 2.72. The molecule has 1 heterocycles. The van der Waals surface area contributed by atoms with E-state index < -0.39 is 0 Å². The standard InChI is InChI=1S/C8H13IN4O/c9-6-7(11-4-2-1-3-10)12-5-13-8(6)14/h5H,1-4,10H2,(H2,11,12,13,14). The number of halogens is 1. The summed E-state index contributed by atoms with van der Waals surface area (Å²) >= 11 is 1.97. The number of rotatable bonds is 5. The van der Waals surface area contributed by atoms with Gasteiger partial charge in [0.1, 0.15) is 9.39 Å². The lowest BCUT2D eigenvalue weighted by Crippen LogP contribution is -2.15. The summed E-state index contributed by atoms with van der Waals surface area (Å²) in [6, 6.07) is 0. The molecule has 0 aliphatic rings. The Morgan fingerprint density at radius 2 is 2.36 bits per heavy atom.